The lowest BCUT2D eigenvalue weighted by atomic mass is 10.4. The van der Waals surface area contributed by atoms with Gasteiger partial charge in [0.15, 0.2) is 6.61 Å². The number of rotatable bonds is 3. The molecule has 0 bridgehead atoms. The van der Waals surface area contributed by atoms with Crippen molar-refractivity contribution in [3.05, 3.63) is 0 Å². The zero-order valence-corrected chi connectivity index (χ0v) is 7.05. The number of hydrogen-bond donors (Lipinski definition) is 1. The summed E-state index contributed by atoms with van der Waals surface area (Å²) in [5.41, 5.74) is 0. The van der Waals surface area contributed by atoms with Crippen molar-refractivity contribution in [1.82, 2.24) is 5.32 Å². The van der Waals surface area contributed by atoms with E-state index in [-0.39, 0.29) is 0 Å². The monoisotopic (exact) mass is 214 g/mol. The van der Waals surface area contributed by atoms with Gasteiger partial charge in [-0.15, -0.1) is 0 Å². The predicted molar refractivity (Wildman–Crippen MR) is 35.0 cm³/mol. The Morgan fingerprint density at radius 1 is 1.50 bits per heavy atom. The Kier molecular flexibility index (Phi) is 4.19. The molecular formula is C6H7F3NO4-. The van der Waals surface area contributed by atoms with Gasteiger partial charge in [-0.05, 0) is 6.92 Å². The van der Waals surface area contributed by atoms with Crippen LogP contribution < -0.4 is 10.4 Å². The quantitative estimate of drug-likeness (QED) is 0.681. The molecule has 0 aliphatic rings. The Balaban J connectivity index is 3.83. The molecule has 0 unspecified atom stereocenters. The third kappa shape index (κ3) is 6.09. The third-order valence-electron chi connectivity index (χ3n) is 1.05. The highest BCUT2D eigenvalue weighted by molar-refractivity contribution is 5.78. The zero-order valence-electron chi connectivity index (χ0n) is 7.05. The van der Waals surface area contributed by atoms with E-state index >= 15 is 0 Å². The van der Waals surface area contributed by atoms with Crippen molar-refractivity contribution in [2.75, 3.05) is 6.61 Å². The lowest BCUT2D eigenvalue weighted by Gasteiger charge is -2.14. The first-order chi connectivity index (χ1) is 6.22. The van der Waals surface area contributed by atoms with Gasteiger partial charge in [0.25, 0.3) is 0 Å². The first-order valence-electron chi connectivity index (χ1n) is 3.43. The van der Waals surface area contributed by atoms with Crippen molar-refractivity contribution in [2.24, 2.45) is 0 Å². The standard InChI is InChI=1S/C6H8F3NO4/c1-3(4(11)12)10-5(13)14-2-6(7,8)9/h3H,2H2,1H3,(H,10,13)(H,11,12)/p-1/t3-/m1/s1. The lowest BCUT2D eigenvalue weighted by molar-refractivity contribution is -0.307. The second-order valence-corrected chi connectivity index (χ2v) is 2.38. The summed E-state index contributed by atoms with van der Waals surface area (Å²) in [4.78, 5) is 20.5. The topological polar surface area (TPSA) is 78.5 Å². The highest BCUT2D eigenvalue weighted by Crippen LogP contribution is 2.14. The molecule has 0 radical (unpaired) electrons. The summed E-state index contributed by atoms with van der Waals surface area (Å²) in [5, 5.41) is 11.7. The molecule has 1 N–H and O–H groups in total. The summed E-state index contributed by atoms with van der Waals surface area (Å²) in [6.45, 7) is -0.733. The van der Waals surface area contributed by atoms with Crippen LogP contribution in [-0.2, 0) is 9.53 Å². The van der Waals surface area contributed by atoms with Gasteiger partial charge in [-0.2, -0.15) is 13.2 Å². The van der Waals surface area contributed by atoms with E-state index in [1.807, 2.05) is 0 Å². The minimum atomic E-state index is -4.64. The number of carbonyl (C=O) groups is 2. The van der Waals surface area contributed by atoms with Crippen LogP contribution in [-0.4, -0.2) is 30.9 Å². The van der Waals surface area contributed by atoms with Crippen molar-refractivity contribution in [2.45, 2.75) is 19.1 Å². The second-order valence-electron chi connectivity index (χ2n) is 2.38. The van der Waals surface area contributed by atoms with Gasteiger partial charge in [-0.3, -0.25) is 0 Å². The molecule has 0 saturated heterocycles. The average Bonchev–Trinajstić information content (AvgIpc) is 1.99. The Hall–Kier alpha value is -1.47. The molecule has 5 nitrogen and oxygen atoms in total. The number of carboxylic acids is 1. The van der Waals surface area contributed by atoms with Gasteiger partial charge in [0.2, 0.25) is 0 Å². The molecule has 0 heterocycles. The second kappa shape index (κ2) is 4.68. The minimum Gasteiger partial charge on any atom is -0.548 e. The molecule has 0 fully saturated rings. The summed E-state index contributed by atoms with van der Waals surface area (Å²) in [5.74, 6) is -1.62. The van der Waals surface area contributed by atoms with Gasteiger partial charge < -0.3 is 20.0 Å². The van der Waals surface area contributed by atoms with Crippen LogP contribution >= 0.6 is 0 Å². The van der Waals surface area contributed by atoms with E-state index in [0.29, 0.717) is 0 Å². The van der Waals surface area contributed by atoms with Crippen LogP contribution in [0.1, 0.15) is 6.92 Å². The maximum absolute atomic E-state index is 11.5. The number of hydrogen-bond acceptors (Lipinski definition) is 4. The zero-order chi connectivity index (χ0) is 11.4. The number of nitrogens with one attached hydrogen (secondary N) is 1. The molecule has 0 rings (SSSR count). The number of alkyl halides is 3. The van der Waals surface area contributed by atoms with Crippen molar-refractivity contribution < 1.29 is 32.6 Å². The van der Waals surface area contributed by atoms with E-state index in [4.69, 9.17) is 0 Å². The van der Waals surface area contributed by atoms with E-state index in [0.717, 1.165) is 6.92 Å². The predicted octanol–water partition coefficient (Wildman–Crippen LogP) is -0.587. The van der Waals surface area contributed by atoms with Gasteiger partial charge in [-0.25, -0.2) is 4.79 Å². The summed E-state index contributed by atoms with van der Waals surface area (Å²) in [6, 6.07) is -1.41. The van der Waals surface area contributed by atoms with Crippen LogP contribution in [0.2, 0.25) is 0 Å². The van der Waals surface area contributed by atoms with Crippen LogP contribution in [0.5, 0.6) is 0 Å². The first-order valence-corrected chi connectivity index (χ1v) is 3.43. The molecule has 0 aromatic rings. The van der Waals surface area contributed by atoms with Crippen LogP contribution in [0.3, 0.4) is 0 Å². The fourth-order valence-corrected chi connectivity index (χ4v) is 0.425. The van der Waals surface area contributed by atoms with Crippen LogP contribution in [0.15, 0.2) is 0 Å². The third-order valence-corrected chi connectivity index (χ3v) is 1.05. The summed E-state index contributed by atoms with van der Waals surface area (Å²) >= 11 is 0. The maximum atomic E-state index is 11.5. The van der Waals surface area contributed by atoms with Gasteiger partial charge in [0.1, 0.15) is 0 Å². The molecule has 0 aromatic carbocycles. The highest BCUT2D eigenvalue weighted by atomic mass is 19.4. The van der Waals surface area contributed by atoms with Crippen LogP contribution in [0.4, 0.5) is 18.0 Å². The lowest BCUT2D eigenvalue weighted by Crippen LogP contribution is -2.46. The average molecular weight is 214 g/mol. The number of ether oxygens (including phenoxy) is 1. The van der Waals surface area contributed by atoms with Gasteiger partial charge in [0.05, 0.1) is 12.0 Å². The minimum absolute atomic E-state index is 1.03. The summed E-state index contributed by atoms with van der Waals surface area (Å²) < 4.78 is 38.1. The smallest absolute Gasteiger partial charge is 0.422 e. The number of amides is 1. The van der Waals surface area contributed by atoms with Gasteiger partial charge in [0, 0.05) is 0 Å². The number of carboxylic acid groups (broad SMARTS) is 1. The number of alkyl carbamates (subject to hydrolysis) is 1. The van der Waals surface area contributed by atoms with E-state index < -0.39 is 30.9 Å². The highest BCUT2D eigenvalue weighted by Gasteiger charge is 2.29. The summed E-state index contributed by atoms with van der Waals surface area (Å²) in [6.07, 6.45) is -6.10. The fraction of sp³-hybridized carbons (Fsp3) is 0.667. The molecule has 0 spiro atoms. The molecule has 0 aliphatic heterocycles. The van der Waals surface area contributed by atoms with E-state index in [2.05, 4.69) is 4.74 Å². The van der Waals surface area contributed by atoms with Crippen molar-refractivity contribution in [3.63, 3.8) is 0 Å². The molecule has 0 aliphatic carbocycles. The Bertz CT molecular complexity index is 228. The molecule has 1 amide bonds. The van der Waals surface area contributed by atoms with Gasteiger partial charge in [-0.1, -0.05) is 0 Å². The molecule has 8 heteroatoms. The van der Waals surface area contributed by atoms with E-state index in [9.17, 15) is 27.9 Å². The fourth-order valence-electron chi connectivity index (χ4n) is 0.425. The Morgan fingerprint density at radius 3 is 2.36 bits per heavy atom. The number of halogens is 3. The molecule has 14 heavy (non-hydrogen) atoms. The SMILES string of the molecule is C[C@@H](NC(=O)OCC(F)(F)F)C(=O)[O-]. The van der Waals surface area contributed by atoms with E-state index in [1.165, 1.54) is 0 Å². The molecule has 82 valence electrons. The van der Waals surface area contributed by atoms with Crippen molar-refractivity contribution in [3.8, 4) is 0 Å². The van der Waals surface area contributed by atoms with E-state index in [1.54, 1.807) is 5.32 Å². The Labute approximate surface area is 76.8 Å². The van der Waals surface area contributed by atoms with Crippen molar-refractivity contribution in [1.29, 1.82) is 0 Å². The molecule has 1 atom stereocenters. The normalized spacial score (nSPS) is 13.1. The molecule has 0 saturated carbocycles. The molecular weight excluding hydrogens is 207 g/mol. The van der Waals surface area contributed by atoms with Crippen LogP contribution in [0, 0.1) is 0 Å². The largest absolute Gasteiger partial charge is 0.548 e. The first kappa shape index (κ1) is 12.5. The van der Waals surface area contributed by atoms with Crippen molar-refractivity contribution >= 4 is 12.1 Å². The maximum Gasteiger partial charge on any atom is 0.422 e. The molecule has 0 aromatic heterocycles. The number of carbonyl (C=O) groups excluding carboxylic acids is 2. The summed E-state index contributed by atoms with van der Waals surface area (Å²) in [7, 11) is 0. The van der Waals surface area contributed by atoms with Gasteiger partial charge >= 0.3 is 12.3 Å². The Morgan fingerprint density at radius 2 is 2.00 bits per heavy atom. The number of aliphatic carboxylic acids is 1. The van der Waals surface area contributed by atoms with Crippen LogP contribution in [0.25, 0.3) is 0 Å².